The normalized spacial score (nSPS) is 23.8. The summed E-state index contributed by atoms with van der Waals surface area (Å²) < 4.78 is 0. The summed E-state index contributed by atoms with van der Waals surface area (Å²) in [6.07, 6.45) is 8.40. The molecule has 1 aliphatic carbocycles. The van der Waals surface area contributed by atoms with Crippen LogP contribution < -0.4 is 5.32 Å². The van der Waals surface area contributed by atoms with Crippen molar-refractivity contribution >= 4 is 0 Å². The minimum atomic E-state index is 0.754. The zero-order chi connectivity index (χ0) is 10.4. The summed E-state index contributed by atoms with van der Waals surface area (Å²) in [6, 6.07) is 0. The maximum Gasteiger partial charge on any atom is -0.00150 e. The summed E-state index contributed by atoms with van der Waals surface area (Å²) in [7, 11) is 0. The molecule has 1 heteroatoms. The summed E-state index contributed by atoms with van der Waals surface area (Å²) in [5.41, 5.74) is 0.754. The van der Waals surface area contributed by atoms with Gasteiger partial charge in [-0.1, -0.05) is 33.6 Å². The van der Waals surface area contributed by atoms with Crippen LogP contribution in [0.15, 0.2) is 0 Å². The highest BCUT2D eigenvalue weighted by Crippen LogP contribution is 2.58. The van der Waals surface area contributed by atoms with Gasteiger partial charge in [0.05, 0.1) is 0 Å². The summed E-state index contributed by atoms with van der Waals surface area (Å²) in [4.78, 5) is 0. The molecule has 0 aliphatic heterocycles. The van der Waals surface area contributed by atoms with Gasteiger partial charge in [-0.15, -0.1) is 0 Å². The first-order valence-electron chi connectivity index (χ1n) is 6.49. The van der Waals surface area contributed by atoms with Gasteiger partial charge in [-0.2, -0.15) is 0 Å². The van der Waals surface area contributed by atoms with Gasteiger partial charge in [0.2, 0.25) is 0 Å². The summed E-state index contributed by atoms with van der Waals surface area (Å²) >= 11 is 0. The van der Waals surface area contributed by atoms with E-state index in [-0.39, 0.29) is 0 Å². The molecular weight excluding hydrogens is 170 g/mol. The third kappa shape index (κ3) is 2.98. The first-order chi connectivity index (χ1) is 6.79. The zero-order valence-corrected chi connectivity index (χ0v) is 10.2. The van der Waals surface area contributed by atoms with Crippen LogP contribution >= 0.6 is 0 Å². The van der Waals surface area contributed by atoms with E-state index < -0.39 is 0 Å². The number of hydrogen-bond donors (Lipinski definition) is 1. The van der Waals surface area contributed by atoms with Crippen molar-refractivity contribution in [1.82, 2.24) is 5.32 Å². The number of nitrogens with one attached hydrogen (secondary N) is 1. The molecule has 1 N–H and O–H groups in total. The van der Waals surface area contributed by atoms with Crippen LogP contribution in [0.3, 0.4) is 0 Å². The first kappa shape index (κ1) is 12.0. The second-order valence-corrected chi connectivity index (χ2v) is 4.97. The van der Waals surface area contributed by atoms with E-state index in [0.29, 0.717) is 0 Å². The van der Waals surface area contributed by atoms with Gasteiger partial charge in [0.1, 0.15) is 0 Å². The molecule has 1 fully saturated rings. The van der Waals surface area contributed by atoms with Crippen molar-refractivity contribution in [3.8, 4) is 0 Å². The average molecular weight is 197 g/mol. The maximum atomic E-state index is 3.57. The van der Waals surface area contributed by atoms with Crippen molar-refractivity contribution in [2.75, 3.05) is 13.1 Å². The molecule has 1 saturated carbocycles. The third-order valence-corrected chi connectivity index (χ3v) is 3.67. The standard InChI is InChI=1S/C13H27N/c1-4-7-13(8-5-2)10-12(13)11-14-9-6-3/h12,14H,4-11H2,1-3H3. The van der Waals surface area contributed by atoms with Crippen LogP contribution in [-0.2, 0) is 0 Å². The smallest absolute Gasteiger partial charge is 0.00150 e. The van der Waals surface area contributed by atoms with Crippen LogP contribution in [0.25, 0.3) is 0 Å². The van der Waals surface area contributed by atoms with E-state index in [1.165, 1.54) is 51.6 Å². The van der Waals surface area contributed by atoms with Crippen molar-refractivity contribution in [2.24, 2.45) is 11.3 Å². The second-order valence-electron chi connectivity index (χ2n) is 4.97. The molecule has 14 heavy (non-hydrogen) atoms. The van der Waals surface area contributed by atoms with Crippen LogP contribution in [0.2, 0.25) is 0 Å². The predicted molar refractivity (Wildman–Crippen MR) is 63.5 cm³/mol. The van der Waals surface area contributed by atoms with Gasteiger partial charge in [-0.3, -0.25) is 0 Å². The van der Waals surface area contributed by atoms with E-state index >= 15 is 0 Å². The van der Waals surface area contributed by atoms with Crippen molar-refractivity contribution in [3.05, 3.63) is 0 Å². The van der Waals surface area contributed by atoms with Crippen molar-refractivity contribution in [1.29, 1.82) is 0 Å². The molecule has 1 rings (SSSR count). The molecule has 0 bridgehead atoms. The topological polar surface area (TPSA) is 12.0 Å². The number of rotatable bonds is 8. The Morgan fingerprint density at radius 1 is 1.07 bits per heavy atom. The molecule has 0 aromatic heterocycles. The van der Waals surface area contributed by atoms with Gasteiger partial charge in [0.15, 0.2) is 0 Å². The van der Waals surface area contributed by atoms with E-state index in [1.807, 2.05) is 0 Å². The van der Waals surface area contributed by atoms with Gasteiger partial charge in [0, 0.05) is 0 Å². The van der Waals surface area contributed by atoms with E-state index in [0.717, 1.165) is 11.3 Å². The molecule has 0 spiro atoms. The van der Waals surface area contributed by atoms with Gasteiger partial charge in [-0.05, 0) is 50.1 Å². The van der Waals surface area contributed by atoms with Crippen molar-refractivity contribution < 1.29 is 0 Å². The van der Waals surface area contributed by atoms with Crippen molar-refractivity contribution in [2.45, 2.75) is 59.3 Å². The monoisotopic (exact) mass is 197 g/mol. The molecule has 1 nitrogen and oxygen atoms in total. The van der Waals surface area contributed by atoms with Gasteiger partial charge >= 0.3 is 0 Å². The fourth-order valence-corrected chi connectivity index (χ4v) is 2.91. The minimum absolute atomic E-state index is 0.754. The molecule has 0 heterocycles. The van der Waals surface area contributed by atoms with Gasteiger partial charge in [-0.25, -0.2) is 0 Å². The van der Waals surface area contributed by atoms with Crippen LogP contribution in [-0.4, -0.2) is 13.1 Å². The molecule has 0 aromatic rings. The van der Waals surface area contributed by atoms with E-state index in [4.69, 9.17) is 0 Å². The van der Waals surface area contributed by atoms with Crippen LogP contribution in [0.5, 0.6) is 0 Å². The highest BCUT2D eigenvalue weighted by atomic mass is 14.9. The van der Waals surface area contributed by atoms with E-state index in [9.17, 15) is 0 Å². The molecule has 0 amide bonds. The van der Waals surface area contributed by atoms with Gasteiger partial charge < -0.3 is 5.32 Å². The second kappa shape index (κ2) is 5.75. The molecule has 1 atom stereocenters. The lowest BCUT2D eigenvalue weighted by Gasteiger charge is -2.15. The highest BCUT2D eigenvalue weighted by Gasteiger charge is 2.51. The summed E-state index contributed by atoms with van der Waals surface area (Å²) in [5, 5.41) is 3.57. The zero-order valence-electron chi connectivity index (χ0n) is 10.2. The lowest BCUT2D eigenvalue weighted by molar-refractivity contribution is 0.369. The Morgan fingerprint density at radius 2 is 1.71 bits per heavy atom. The minimum Gasteiger partial charge on any atom is -0.316 e. The fraction of sp³-hybridized carbons (Fsp3) is 1.00. The Balaban J connectivity index is 2.22. The number of hydrogen-bond acceptors (Lipinski definition) is 1. The average Bonchev–Trinajstić information content (AvgIpc) is 2.81. The first-order valence-corrected chi connectivity index (χ1v) is 6.49. The molecule has 1 aliphatic rings. The predicted octanol–water partition coefficient (Wildman–Crippen LogP) is 3.59. The quantitative estimate of drug-likeness (QED) is 0.586. The van der Waals surface area contributed by atoms with E-state index in [2.05, 4.69) is 26.1 Å². The van der Waals surface area contributed by atoms with Crippen molar-refractivity contribution in [3.63, 3.8) is 0 Å². The highest BCUT2D eigenvalue weighted by molar-refractivity contribution is 5.02. The maximum absolute atomic E-state index is 3.57. The van der Waals surface area contributed by atoms with Gasteiger partial charge in [0.25, 0.3) is 0 Å². The van der Waals surface area contributed by atoms with Crippen LogP contribution in [0.4, 0.5) is 0 Å². The summed E-state index contributed by atoms with van der Waals surface area (Å²) in [5.74, 6) is 0.994. The molecular formula is C13H27N. The lowest BCUT2D eigenvalue weighted by atomic mass is 9.92. The van der Waals surface area contributed by atoms with Crippen LogP contribution in [0.1, 0.15) is 59.3 Å². The Bertz CT molecular complexity index is 147. The van der Waals surface area contributed by atoms with E-state index in [1.54, 1.807) is 0 Å². The van der Waals surface area contributed by atoms with Crippen LogP contribution in [0, 0.1) is 11.3 Å². The molecule has 0 aromatic carbocycles. The Morgan fingerprint density at radius 3 is 2.21 bits per heavy atom. The largest absolute Gasteiger partial charge is 0.316 e. The molecule has 0 radical (unpaired) electrons. The molecule has 1 unspecified atom stereocenters. The third-order valence-electron chi connectivity index (χ3n) is 3.67. The molecule has 84 valence electrons. The Kier molecular flexibility index (Phi) is 4.94. The molecule has 0 saturated heterocycles. The lowest BCUT2D eigenvalue weighted by Crippen LogP contribution is -2.20. The summed E-state index contributed by atoms with van der Waals surface area (Å²) in [6.45, 7) is 9.36. The Hall–Kier alpha value is -0.0400. The fourth-order valence-electron chi connectivity index (χ4n) is 2.91. The SMILES string of the molecule is CCCNCC1CC1(CCC)CCC. The Labute approximate surface area is 89.7 Å².